The molecule has 29 heavy (non-hydrogen) atoms. The van der Waals surface area contributed by atoms with Crippen LogP contribution in [0, 0.1) is 12.7 Å². The predicted octanol–water partition coefficient (Wildman–Crippen LogP) is 4.56. The molecule has 0 saturated heterocycles. The molecule has 0 fully saturated rings. The molecule has 0 unspecified atom stereocenters. The largest absolute Gasteiger partial charge is 0.352 e. The average molecular weight is 417 g/mol. The zero-order valence-electron chi connectivity index (χ0n) is 17.4. The van der Waals surface area contributed by atoms with Gasteiger partial charge in [0.1, 0.15) is 11.9 Å². The van der Waals surface area contributed by atoms with Gasteiger partial charge in [0.25, 0.3) is 0 Å². The van der Waals surface area contributed by atoms with E-state index in [1.807, 2.05) is 45.0 Å². The van der Waals surface area contributed by atoms with Crippen LogP contribution in [0.25, 0.3) is 0 Å². The second kappa shape index (κ2) is 11.0. The van der Waals surface area contributed by atoms with E-state index in [0.29, 0.717) is 0 Å². The number of nitrogens with one attached hydrogen (secondary N) is 1. The van der Waals surface area contributed by atoms with Crippen LogP contribution < -0.4 is 5.32 Å². The molecule has 4 nitrogen and oxygen atoms in total. The molecule has 1 N–H and O–H groups in total. The van der Waals surface area contributed by atoms with Gasteiger partial charge < -0.3 is 10.2 Å². The zero-order chi connectivity index (χ0) is 21.4. The van der Waals surface area contributed by atoms with Gasteiger partial charge in [0.05, 0.1) is 5.75 Å². The predicted molar refractivity (Wildman–Crippen MR) is 116 cm³/mol. The molecule has 0 aromatic heterocycles. The minimum absolute atomic E-state index is 0.0367. The lowest BCUT2D eigenvalue weighted by Gasteiger charge is -2.29. The number of hydrogen-bond acceptors (Lipinski definition) is 3. The van der Waals surface area contributed by atoms with Gasteiger partial charge in [0, 0.05) is 17.5 Å². The van der Waals surface area contributed by atoms with Crippen molar-refractivity contribution in [1.29, 1.82) is 0 Å². The lowest BCUT2D eigenvalue weighted by Crippen LogP contribution is -2.50. The first-order valence-corrected chi connectivity index (χ1v) is 10.8. The van der Waals surface area contributed by atoms with Gasteiger partial charge in [-0.25, -0.2) is 4.39 Å². The minimum Gasteiger partial charge on any atom is -0.352 e. The normalized spacial score (nSPS) is 12.9. The van der Waals surface area contributed by atoms with Crippen LogP contribution >= 0.6 is 11.8 Å². The van der Waals surface area contributed by atoms with Gasteiger partial charge in [-0.05, 0) is 57.0 Å². The minimum atomic E-state index is -0.625. The number of aryl methyl sites for hydroxylation is 1. The molecule has 6 heteroatoms. The number of hydrogen-bond donors (Lipinski definition) is 1. The molecule has 0 radical (unpaired) electrons. The first-order valence-electron chi connectivity index (χ1n) is 9.84. The van der Waals surface area contributed by atoms with E-state index in [1.54, 1.807) is 24.0 Å². The summed E-state index contributed by atoms with van der Waals surface area (Å²) in [4.78, 5) is 28.2. The van der Waals surface area contributed by atoms with Crippen LogP contribution in [0.3, 0.4) is 0 Å². The smallest absolute Gasteiger partial charge is 0.242 e. The molecule has 0 aliphatic carbocycles. The fourth-order valence-corrected chi connectivity index (χ4v) is 3.48. The van der Waals surface area contributed by atoms with Crippen LogP contribution in [-0.2, 0) is 16.1 Å². The summed E-state index contributed by atoms with van der Waals surface area (Å²) in [6.45, 7) is 7.93. The van der Waals surface area contributed by atoms with Crippen molar-refractivity contribution in [3.05, 3.63) is 65.5 Å². The van der Waals surface area contributed by atoms with E-state index in [1.165, 1.54) is 23.9 Å². The summed E-state index contributed by atoms with van der Waals surface area (Å²) < 4.78 is 13.2. The Morgan fingerprint density at radius 2 is 1.69 bits per heavy atom. The molecule has 2 aromatic rings. The fourth-order valence-electron chi connectivity index (χ4n) is 2.70. The van der Waals surface area contributed by atoms with Crippen molar-refractivity contribution < 1.29 is 14.0 Å². The van der Waals surface area contributed by atoms with Crippen LogP contribution in [0.4, 0.5) is 4.39 Å². The molecular weight excluding hydrogens is 387 g/mol. The molecular formula is C23H29FN2O2S. The van der Waals surface area contributed by atoms with Crippen LogP contribution in [0.15, 0.2) is 53.4 Å². The van der Waals surface area contributed by atoms with Crippen molar-refractivity contribution in [1.82, 2.24) is 10.2 Å². The van der Waals surface area contributed by atoms with E-state index in [9.17, 15) is 14.0 Å². The molecule has 0 saturated carbocycles. The quantitative estimate of drug-likeness (QED) is 0.610. The Morgan fingerprint density at radius 1 is 1.07 bits per heavy atom. The molecule has 2 rings (SSSR count). The van der Waals surface area contributed by atoms with E-state index < -0.39 is 6.04 Å². The highest BCUT2D eigenvalue weighted by molar-refractivity contribution is 8.00. The molecule has 2 aromatic carbocycles. The first-order chi connectivity index (χ1) is 13.8. The first kappa shape index (κ1) is 22.9. The molecule has 0 spiro atoms. The second-order valence-electron chi connectivity index (χ2n) is 7.24. The SMILES string of the molecule is CC[C@H](C)NC(=O)[C@H](C)N(Cc1ccc(F)cc1)C(=O)CSc1ccc(C)cc1. The number of amides is 2. The van der Waals surface area contributed by atoms with Crippen molar-refractivity contribution in [2.24, 2.45) is 0 Å². The van der Waals surface area contributed by atoms with E-state index in [4.69, 9.17) is 0 Å². The molecule has 2 amide bonds. The maximum absolute atomic E-state index is 13.2. The summed E-state index contributed by atoms with van der Waals surface area (Å²) in [5.74, 6) is -0.420. The lowest BCUT2D eigenvalue weighted by molar-refractivity contribution is -0.138. The topological polar surface area (TPSA) is 49.4 Å². The van der Waals surface area contributed by atoms with Crippen molar-refractivity contribution in [3.8, 4) is 0 Å². The summed E-state index contributed by atoms with van der Waals surface area (Å²) >= 11 is 1.44. The van der Waals surface area contributed by atoms with Crippen LogP contribution in [0.2, 0.25) is 0 Å². The highest BCUT2D eigenvalue weighted by atomic mass is 32.2. The van der Waals surface area contributed by atoms with Gasteiger partial charge in [-0.2, -0.15) is 0 Å². The Morgan fingerprint density at radius 3 is 2.28 bits per heavy atom. The molecule has 0 aliphatic rings. The summed E-state index contributed by atoms with van der Waals surface area (Å²) in [7, 11) is 0. The molecule has 0 aliphatic heterocycles. The van der Waals surface area contributed by atoms with Gasteiger partial charge >= 0.3 is 0 Å². The van der Waals surface area contributed by atoms with Gasteiger partial charge in [-0.3, -0.25) is 9.59 Å². The second-order valence-corrected chi connectivity index (χ2v) is 8.29. The molecule has 2 atom stereocenters. The third kappa shape index (κ3) is 7.20. The van der Waals surface area contributed by atoms with E-state index in [2.05, 4.69) is 5.32 Å². The van der Waals surface area contributed by atoms with Crippen molar-refractivity contribution in [2.75, 3.05) is 5.75 Å². The number of carbonyl (C=O) groups is 2. The van der Waals surface area contributed by atoms with Gasteiger partial charge in [-0.15, -0.1) is 11.8 Å². The number of benzene rings is 2. The fraction of sp³-hybridized carbons (Fsp3) is 0.391. The summed E-state index contributed by atoms with van der Waals surface area (Å²) in [5.41, 5.74) is 1.94. The number of halogens is 1. The Hall–Kier alpha value is -2.34. The van der Waals surface area contributed by atoms with E-state index >= 15 is 0 Å². The van der Waals surface area contributed by atoms with E-state index in [0.717, 1.165) is 22.4 Å². The number of rotatable bonds is 9. The monoisotopic (exact) mass is 416 g/mol. The number of thioether (sulfide) groups is 1. The lowest BCUT2D eigenvalue weighted by atomic mass is 10.1. The summed E-state index contributed by atoms with van der Waals surface area (Å²) in [6.07, 6.45) is 0.813. The van der Waals surface area contributed by atoms with Gasteiger partial charge in [0.2, 0.25) is 11.8 Å². The van der Waals surface area contributed by atoms with Crippen molar-refractivity contribution in [3.63, 3.8) is 0 Å². The molecule has 0 heterocycles. The Kier molecular flexibility index (Phi) is 8.70. The third-order valence-corrected chi connectivity index (χ3v) is 5.81. The number of nitrogens with zero attached hydrogens (tertiary/aromatic N) is 1. The Balaban J connectivity index is 2.13. The van der Waals surface area contributed by atoms with E-state index in [-0.39, 0.29) is 36.0 Å². The maximum Gasteiger partial charge on any atom is 0.242 e. The zero-order valence-corrected chi connectivity index (χ0v) is 18.3. The van der Waals surface area contributed by atoms with Crippen LogP contribution in [0.5, 0.6) is 0 Å². The van der Waals surface area contributed by atoms with Gasteiger partial charge in [-0.1, -0.05) is 36.8 Å². The third-order valence-electron chi connectivity index (χ3n) is 4.82. The molecule has 0 bridgehead atoms. The van der Waals surface area contributed by atoms with Crippen molar-refractivity contribution >= 4 is 23.6 Å². The maximum atomic E-state index is 13.2. The Bertz CT molecular complexity index is 809. The summed E-state index contributed by atoms with van der Waals surface area (Å²) in [5, 5.41) is 2.94. The van der Waals surface area contributed by atoms with Crippen LogP contribution in [-0.4, -0.2) is 34.6 Å². The van der Waals surface area contributed by atoms with Gasteiger partial charge in [0.15, 0.2) is 0 Å². The highest BCUT2D eigenvalue weighted by Crippen LogP contribution is 2.20. The Labute approximate surface area is 176 Å². The summed E-state index contributed by atoms with van der Waals surface area (Å²) in [6, 6.07) is 13.4. The highest BCUT2D eigenvalue weighted by Gasteiger charge is 2.26. The number of carbonyl (C=O) groups excluding carboxylic acids is 2. The molecule has 156 valence electrons. The average Bonchev–Trinajstić information content (AvgIpc) is 2.72. The van der Waals surface area contributed by atoms with Crippen LogP contribution in [0.1, 0.15) is 38.3 Å². The standard InChI is InChI=1S/C23H29FN2O2S/c1-5-17(3)25-23(28)18(4)26(14-19-8-10-20(24)11-9-19)22(27)15-29-21-12-6-16(2)7-13-21/h6-13,17-18H,5,14-15H2,1-4H3,(H,25,28)/t17-,18-/m0/s1. The van der Waals surface area contributed by atoms with Crippen molar-refractivity contribution in [2.45, 2.75) is 57.6 Å².